The number of rotatable bonds is 6. The van der Waals surface area contributed by atoms with E-state index in [-0.39, 0.29) is 24.4 Å². The molecule has 0 heterocycles. The minimum atomic E-state index is -1.00. The van der Waals surface area contributed by atoms with Gasteiger partial charge in [0.15, 0.2) is 0 Å². The number of hydrogen-bond acceptors (Lipinski definition) is 3. The van der Waals surface area contributed by atoms with Crippen LogP contribution in [0.2, 0.25) is 0 Å². The van der Waals surface area contributed by atoms with E-state index in [9.17, 15) is 9.90 Å². The zero-order valence-electron chi connectivity index (χ0n) is 11.5. The average molecular weight is 249 g/mol. The summed E-state index contributed by atoms with van der Waals surface area (Å²) in [5.74, 6) is 0.0591. The van der Waals surface area contributed by atoms with Gasteiger partial charge in [0, 0.05) is 5.97 Å². The summed E-state index contributed by atoms with van der Waals surface area (Å²) in [6.45, 7) is 7.99. The first-order valence-corrected chi connectivity index (χ1v) is 6.36. The molecule has 0 spiro atoms. The zero-order chi connectivity index (χ0) is 13.7. The summed E-state index contributed by atoms with van der Waals surface area (Å²) in [6.07, 6.45) is 0.196. The molecule has 100 valence electrons. The van der Waals surface area contributed by atoms with Gasteiger partial charge in [0.1, 0.15) is 5.75 Å². The van der Waals surface area contributed by atoms with Crippen molar-refractivity contribution >= 4 is 5.97 Å². The van der Waals surface area contributed by atoms with Crippen molar-refractivity contribution in [3.63, 3.8) is 0 Å². The van der Waals surface area contributed by atoms with E-state index in [1.54, 1.807) is 0 Å². The molecule has 3 heteroatoms. The summed E-state index contributed by atoms with van der Waals surface area (Å²) in [7, 11) is 0. The lowest BCUT2D eigenvalue weighted by Gasteiger charge is -2.22. The highest BCUT2D eigenvalue weighted by molar-refractivity contribution is 5.65. The van der Waals surface area contributed by atoms with E-state index < -0.39 is 5.97 Å². The zero-order valence-corrected chi connectivity index (χ0v) is 11.5. The second kappa shape index (κ2) is 6.43. The van der Waals surface area contributed by atoms with Gasteiger partial charge < -0.3 is 14.6 Å². The topological polar surface area (TPSA) is 49.4 Å². The summed E-state index contributed by atoms with van der Waals surface area (Å²) in [6, 6.07) is 7.65. The van der Waals surface area contributed by atoms with Gasteiger partial charge in [-0.15, -0.1) is 0 Å². The molecule has 0 saturated carbocycles. The average Bonchev–Trinajstić information content (AvgIpc) is 2.26. The Balaban J connectivity index is 2.83. The smallest absolute Gasteiger partial charge is 0.119 e. The van der Waals surface area contributed by atoms with Gasteiger partial charge in [-0.25, -0.2) is 0 Å². The van der Waals surface area contributed by atoms with E-state index in [1.807, 2.05) is 52.0 Å². The van der Waals surface area contributed by atoms with Gasteiger partial charge in [0.05, 0.1) is 6.10 Å². The Morgan fingerprint density at radius 2 is 1.72 bits per heavy atom. The highest BCUT2D eigenvalue weighted by Crippen LogP contribution is 2.29. The Kier molecular flexibility index (Phi) is 5.20. The van der Waals surface area contributed by atoms with E-state index >= 15 is 0 Å². The number of carbonyl (C=O) groups is 1. The summed E-state index contributed by atoms with van der Waals surface area (Å²) in [4.78, 5) is 10.8. The fourth-order valence-corrected chi connectivity index (χ4v) is 1.98. The SMILES string of the molecule is CC(C)Oc1ccc([C@H](CC(=O)[O-])C(C)C)cc1. The van der Waals surface area contributed by atoms with Crippen molar-refractivity contribution < 1.29 is 14.6 Å². The fourth-order valence-electron chi connectivity index (χ4n) is 1.98. The van der Waals surface area contributed by atoms with Crippen molar-refractivity contribution in [1.29, 1.82) is 0 Å². The maximum Gasteiger partial charge on any atom is 0.119 e. The number of hydrogen-bond donors (Lipinski definition) is 0. The molecule has 0 amide bonds. The summed E-state index contributed by atoms with van der Waals surface area (Å²) < 4.78 is 5.56. The van der Waals surface area contributed by atoms with Crippen LogP contribution in [0.1, 0.15) is 45.6 Å². The van der Waals surface area contributed by atoms with Crippen molar-refractivity contribution in [3.05, 3.63) is 29.8 Å². The second-order valence-corrected chi connectivity index (χ2v) is 5.16. The molecule has 0 aliphatic carbocycles. The number of carbonyl (C=O) groups excluding carboxylic acids is 1. The first kappa shape index (κ1) is 14.6. The lowest BCUT2D eigenvalue weighted by Crippen LogP contribution is -2.26. The van der Waals surface area contributed by atoms with Crippen molar-refractivity contribution in [2.24, 2.45) is 5.92 Å². The molecular formula is C15H21O3-. The number of ether oxygens (including phenoxy) is 1. The lowest BCUT2D eigenvalue weighted by atomic mass is 9.86. The molecule has 3 nitrogen and oxygen atoms in total. The highest BCUT2D eigenvalue weighted by Gasteiger charge is 2.16. The quantitative estimate of drug-likeness (QED) is 0.777. The van der Waals surface area contributed by atoms with E-state index in [1.165, 1.54) is 0 Å². The van der Waals surface area contributed by atoms with Gasteiger partial charge in [0.2, 0.25) is 0 Å². The van der Waals surface area contributed by atoms with Crippen LogP contribution in [0.3, 0.4) is 0 Å². The Labute approximate surface area is 109 Å². The van der Waals surface area contributed by atoms with Crippen LogP contribution in [0.5, 0.6) is 5.75 Å². The van der Waals surface area contributed by atoms with Crippen molar-refractivity contribution in [2.45, 2.75) is 46.1 Å². The highest BCUT2D eigenvalue weighted by atomic mass is 16.5. The van der Waals surface area contributed by atoms with Crippen LogP contribution in [-0.2, 0) is 4.79 Å². The van der Waals surface area contributed by atoms with Gasteiger partial charge in [-0.3, -0.25) is 0 Å². The predicted molar refractivity (Wildman–Crippen MR) is 69.4 cm³/mol. The molecule has 0 aromatic heterocycles. The van der Waals surface area contributed by atoms with Crippen LogP contribution >= 0.6 is 0 Å². The molecule has 0 fully saturated rings. The first-order chi connectivity index (χ1) is 8.40. The molecule has 0 aliphatic heterocycles. The van der Waals surface area contributed by atoms with Crippen molar-refractivity contribution in [1.82, 2.24) is 0 Å². The van der Waals surface area contributed by atoms with Crippen LogP contribution in [0.15, 0.2) is 24.3 Å². The summed E-state index contributed by atoms with van der Waals surface area (Å²) in [5, 5.41) is 10.8. The van der Waals surface area contributed by atoms with Gasteiger partial charge in [-0.05, 0) is 49.8 Å². The Bertz CT molecular complexity index is 379. The van der Waals surface area contributed by atoms with Gasteiger partial charge >= 0.3 is 0 Å². The van der Waals surface area contributed by atoms with Crippen LogP contribution in [0, 0.1) is 5.92 Å². The van der Waals surface area contributed by atoms with E-state index in [0.29, 0.717) is 0 Å². The second-order valence-electron chi connectivity index (χ2n) is 5.16. The van der Waals surface area contributed by atoms with Crippen molar-refractivity contribution in [3.8, 4) is 5.75 Å². The maximum atomic E-state index is 10.8. The molecule has 0 unspecified atom stereocenters. The standard InChI is InChI=1S/C15H22O3/c1-10(2)14(9-15(16)17)12-5-7-13(8-6-12)18-11(3)4/h5-8,10-11,14H,9H2,1-4H3,(H,16,17)/p-1/t14-/m1/s1. The normalized spacial score (nSPS) is 12.8. The van der Waals surface area contributed by atoms with Crippen LogP contribution in [-0.4, -0.2) is 12.1 Å². The molecular weight excluding hydrogens is 228 g/mol. The van der Waals surface area contributed by atoms with Gasteiger partial charge in [0.25, 0.3) is 0 Å². The third-order valence-electron chi connectivity index (χ3n) is 2.87. The Morgan fingerprint density at radius 1 is 1.17 bits per heavy atom. The minimum absolute atomic E-state index is 0.0110. The van der Waals surface area contributed by atoms with Gasteiger partial charge in [-0.1, -0.05) is 26.0 Å². The molecule has 0 saturated heterocycles. The lowest BCUT2D eigenvalue weighted by molar-refractivity contribution is -0.306. The molecule has 18 heavy (non-hydrogen) atoms. The maximum absolute atomic E-state index is 10.8. The third kappa shape index (κ3) is 4.40. The Hall–Kier alpha value is -1.51. The fraction of sp³-hybridized carbons (Fsp3) is 0.533. The van der Waals surface area contributed by atoms with Crippen molar-refractivity contribution in [2.75, 3.05) is 0 Å². The largest absolute Gasteiger partial charge is 0.550 e. The van der Waals surface area contributed by atoms with Crippen LogP contribution < -0.4 is 9.84 Å². The number of aliphatic carboxylic acids is 1. The molecule has 1 atom stereocenters. The molecule has 1 aromatic carbocycles. The molecule has 0 N–H and O–H groups in total. The van der Waals surface area contributed by atoms with Crippen LogP contribution in [0.25, 0.3) is 0 Å². The molecule has 1 aromatic rings. The van der Waals surface area contributed by atoms with E-state index in [4.69, 9.17) is 4.74 Å². The molecule has 0 radical (unpaired) electrons. The molecule has 0 bridgehead atoms. The molecule has 1 rings (SSSR count). The number of carboxylic acid groups (broad SMARTS) is 1. The van der Waals surface area contributed by atoms with Gasteiger partial charge in [-0.2, -0.15) is 0 Å². The Morgan fingerprint density at radius 3 is 2.11 bits per heavy atom. The third-order valence-corrected chi connectivity index (χ3v) is 2.87. The minimum Gasteiger partial charge on any atom is -0.550 e. The first-order valence-electron chi connectivity index (χ1n) is 6.36. The van der Waals surface area contributed by atoms with Crippen LogP contribution in [0.4, 0.5) is 0 Å². The van der Waals surface area contributed by atoms with E-state index in [2.05, 4.69) is 0 Å². The number of benzene rings is 1. The number of carboxylic acids is 1. The van der Waals surface area contributed by atoms with E-state index in [0.717, 1.165) is 11.3 Å². The summed E-state index contributed by atoms with van der Waals surface area (Å²) >= 11 is 0. The predicted octanol–water partition coefficient (Wildman–Crippen LogP) is 2.35. The monoisotopic (exact) mass is 249 g/mol. The molecule has 0 aliphatic rings. The summed E-state index contributed by atoms with van der Waals surface area (Å²) in [5.41, 5.74) is 1.02.